The van der Waals surface area contributed by atoms with E-state index in [9.17, 15) is 9.59 Å². The Morgan fingerprint density at radius 1 is 1.14 bits per heavy atom. The predicted octanol–water partition coefficient (Wildman–Crippen LogP) is 3.49. The van der Waals surface area contributed by atoms with Crippen LogP contribution in [0.4, 0.5) is 0 Å². The van der Waals surface area contributed by atoms with Crippen LogP contribution in [0, 0.1) is 11.3 Å². The van der Waals surface area contributed by atoms with Crippen LogP contribution in [0.3, 0.4) is 0 Å². The summed E-state index contributed by atoms with van der Waals surface area (Å²) in [7, 11) is 0. The van der Waals surface area contributed by atoms with Gasteiger partial charge in [-0.2, -0.15) is 5.26 Å². The van der Waals surface area contributed by atoms with E-state index in [1.165, 1.54) is 11.3 Å². The van der Waals surface area contributed by atoms with Gasteiger partial charge < -0.3 is 14.2 Å². The second kappa shape index (κ2) is 11.3. The molecule has 2 heterocycles. The Hall–Kier alpha value is -4.16. The molecular formula is C28H27N3O5S. The molecule has 0 fully saturated rings. The molecule has 0 unspecified atom stereocenters. The van der Waals surface area contributed by atoms with Crippen LogP contribution < -0.4 is 24.4 Å². The zero-order valence-corrected chi connectivity index (χ0v) is 21.9. The number of aromatic nitrogens is 1. The molecule has 3 aromatic rings. The van der Waals surface area contributed by atoms with E-state index in [1.54, 1.807) is 43.5 Å². The Balaban J connectivity index is 1.83. The highest BCUT2D eigenvalue weighted by atomic mass is 32.1. The molecule has 1 atom stereocenters. The van der Waals surface area contributed by atoms with Crippen molar-refractivity contribution in [1.82, 2.24) is 4.57 Å². The second-order valence-corrected chi connectivity index (χ2v) is 9.56. The molecule has 4 rings (SSSR count). The molecule has 0 aliphatic carbocycles. The van der Waals surface area contributed by atoms with Crippen molar-refractivity contribution in [3.63, 3.8) is 0 Å². The Kier molecular flexibility index (Phi) is 7.89. The highest BCUT2D eigenvalue weighted by Crippen LogP contribution is 2.32. The van der Waals surface area contributed by atoms with E-state index in [2.05, 4.69) is 4.99 Å². The summed E-state index contributed by atoms with van der Waals surface area (Å²) in [5.41, 5.74) is 2.13. The minimum absolute atomic E-state index is 0.0373. The van der Waals surface area contributed by atoms with Crippen molar-refractivity contribution in [2.45, 2.75) is 39.8 Å². The molecule has 0 spiro atoms. The van der Waals surface area contributed by atoms with E-state index in [0.717, 1.165) is 11.1 Å². The molecule has 0 saturated carbocycles. The van der Waals surface area contributed by atoms with Crippen LogP contribution >= 0.6 is 11.3 Å². The summed E-state index contributed by atoms with van der Waals surface area (Å²) < 4.78 is 18.4. The first-order valence-corrected chi connectivity index (χ1v) is 12.7. The first kappa shape index (κ1) is 25.9. The summed E-state index contributed by atoms with van der Waals surface area (Å²) in [6, 6.07) is 15.7. The van der Waals surface area contributed by atoms with Gasteiger partial charge in [0.1, 0.15) is 17.6 Å². The fourth-order valence-electron chi connectivity index (χ4n) is 4.02. The number of allylic oxidation sites excluding steroid dienone is 1. The fourth-order valence-corrected chi connectivity index (χ4v) is 5.06. The van der Waals surface area contributed by atoms with E-state index < -0.39 is 12.0 Å². The molecule has 8 nitrogen and oxygen atoms in total. The fraction of sp³-hybridized carbons (Fsp3) is 0.286. The van der Waals surface area contributed by atoms with E-state index in [1.807, 2.05) is 49.4 Å². The van der Waals surface area contributed by atoms with Gasteiger partial charge in [-0.3, -0.25) is 9.36 Å². The zero-order valence-electron chi connectivity index (χ0n) is 21.1. The lowest BCUT2D eigenvalue weighted by molar-refractivity contribution is -0.143. The van der Waals surface area contributed by atoms with Gasteiger partial charge in [0.15, 0.2) is 11.4 Å². The molecular weight excluding hydrogens is 490 g/mol. The molecule has 0 bridgehead atoms. The lowest BCUT2D eigenvalue weighted by Crippen LogP contribution is -2.40. The Morgan fingerprint density at radius 2 is 1.78 bits per heavy atom. The van der Waals surface area contributed by atoms with Gasteiger partial charge in [-0.05, 0) is 69.2 Å². The Bertz CT molecular complexity index is 1540. The standard InChI is InChI=1S/C28H27N3O5S/c1-5-34-21-12-8-20(9-13-21)25-24(27(33)36-17(2)3)18(4)30-28-31(25)26(32)23(37-28)16-19-6-10-22(11-7-19)35-15-14-29/h6-13,16-17,25H,5,15H2,1-4H3/b23-16+/t25-/m0/s1. The van der Waals surface area contributed by atoms with Crippen LogP contribution in [0.5, 0.6) is 11.5 Å². The second-order valence-electron chi connectivity index (χ2n) is 8.55. The molecule has 0 radical (unpaired) electrons. The van der Waals surface area contributed by atoms with Crippen molar-refractivity contribution >= 4 is 23.4 Å². The predicted molar refractivity (Wildman–Crippen MR) is 140 cm³/mol. The van der Waals surface area contributed by atoms with Crippen molar-refractivity contribution in [3.05, 3.63) is 90.6 Å². The van der Waals surface area contributed by atoms with Gasteiger partial charge in [0.05, 0.1) is 34.6 Å². The lowest BCUT2D eigenvalue weighted by Gasteiger charge is -2.25. The van der Waals surface area contributed by atoms with Gasteiger partial charge in [0.25, 0.3) is 5.56 Å². The molecule has 0 amide bonds. The van der Waals surface area contributed by atoms with Gasteiger partial charge in [0.2, 0.25) is 0 Å². The number of rotatable bonds is 8. The minimum atomic E-state index is -0.693. The van der Waals surface area contributed by atoms with Crippen LogP contribution in [0.1, 0.15) is 44.9 Å². The zero-order chi connectivity index (χ0) is 26.5. The summed E-state index contributed by atoms with van der Waals surface area (Å²) in [6.45, 7) is 7.73. The average molecular weight is 518 g/mol. The molecule has 190 valence electrons. The number of nitrogens with zero attached hydrogens (tertiary/aromatic N) is 3. The molecule has 9 heteroatoms. The number of esters is 1. The van der Waals surface area contributed by atoms with Crippen molar-refractivity contribution in [2.24, 2.45) is 4.99 Å². The Morgan fingerprint density at radius 3 is 2.41 bits per heavy atom. The van der Waals surface area contributed by atoms with Gasteiger partial charge >= 0.3 is 5.97 Å². The van der Waals surface area contributed by atoms with E-state index in [-0.39, 0.29) is 18.3 Å². The number of hydrogen-bond acceptors (Lipinski definition) is 8. The summed E-state index contributed by atoms with van der Waals surface area (Å²) in [5.74, 6) is 0.768. The number of benzene rings is 2. The molecule has 0 saturated heterocycles. The maximum atomic E-state index is 13.7. The van der Waals surface area contributed by atoms with Gasteiger partial charge in [0, 0.05) is 0 Å². The minimum Gasteiger partial charge on any atom is -0.494 e. The third-order valence-corrected chi connectivity index (χ3v) is 6.56. The van der Waals surface area contributed by atoms with E-state index >= 15 is 0 Å². The number of thiazole rings is 1. The molecule has 1 aliphatic rings. The van der Waals surface area contributed by atoms with Crippen LogP contribution in [-0.2, 0) is 9.53 Å². The van der Waals surface area contributed by atoms with E-state index in [0.29, 0.717) is 38.7 Å². The number of carbonyl (C=O) groups is 1. The monoisotopic (exact) mass is 517 g/mol. The SMILES string of the molecule is CCOc1ccc([C@H]2C(C(=O)OC(C)C)=C(C)N=c3s/c(=C/c4ccc(OCC#N)cc4)c(=O)n32)cc1. The highest BCUT2D eigenvalue weighted by molar-refractivity contribution is 7.07. The van der Waals surface area contributed by atoms with E-state index in [4.69, 9.17) is 19.5 Å². The number of nitriles is 1. The molecule has 37 heavy (non-hydrogen) atoms. The largest absolute Gasteiger partial charge is 0.494 e. The third kappa shape index (κ3) is 5.65. The van der Waals surface area contributed by atoms with Crippen molar-refractivity contribution in [1.29, 1.82) is 5.26 Å². The number of ether oxygens (including phenoxy) is 3. The van der Waals surface area contributed by atoms with Crippen molar-refractivity contribution in [3.8, 4) is 17.6 Å². The first-order valence-electron chi connectivity index (χ1n) is 11.9. The lowest BCUT2D eigenvalue weighted by atomic mass is 9.96. The maximum absolute atomic E-state index is 13.7. The van der Waals surface area contributed by atoms with Crippen molar-refractivity contribution < 1.29 is 19.0 Å². The summed E-state index contributed by atoms with van der Waals surface area (Å²) in [4.78, 5) is 32.0. The number of hydrogen-bond donors (Lipinski definition) is 0. The number of fused-ring (bicyclic) bond motifs is 1. The molecule has 1 aliphatic heterocycles. The Labute approximate surface area is 218 Å². The molecule has 1 aromatic heterocycles. The average Bonchev–Trinajstić information content (AvgIpc) is 3.17. The summed E-state index contributed by atoms with van der Waals surface area (Å²) in [5, 5.41) is 8.68. The van der Waals surface area contributed by atoms with Gasteiger partial charge in [-0.15, -0.1) is 0 Å². The summed E-state index contributed by atoms with van der Waals surface area (Å²) >= 11 is 1.26. The quantitative estimate of drug-likeness (QED) is 0.424. The molecule has 2 aromatic carbocycles. The van der Waals surface area contributed by atoms with Crippen LogP contribution in [-0.4, -0.2) is 29.9 Å². The number of carbonyl (C=O) groups excluding carboxylic acids is 1. The first-order chi connectivity index (χ1) is 17.8. The topological polar surface area (TPSA) is 103 Å². The van der Waals surface area contributed by atoms with Gasteiger partial charge in [-0.1, -0.05) is 35.6 Å². The van der Waals surface area contributed by atoms with Crippen LogP contribution in [0.15, 0.2) is 69.6 Å². The highest BCUT2D eigenvalue weighted by Gasteiger charge is 2.33. The van der Waals surface area contributed by atoms with Crippen molar-refractivity contribution in [2.75, 3.05) is 13.2 Å². The van der Waals surface area contributed by atoms with Crippen LogP contribution in [0.25, 0.3) is 6.08 Å². The third-order valence-electron chi connectivity index (χ3n) is 5.57. The van der Waals surface area contributed by atoms with Gasteiger partial charge in [-0.25, -0.2) is 9.79 Å². The maximum Gasteiger partial charge on any atom is 0.338 e. The molecule has 0 N–H and O–H groups in total. The summed E-state index contributed by atoms with van der Waals surface area (Å²) in [6.07, 6.45) is 1.46. The normalized spacial score (nSPS) is 15.1. The smallest absolute Gasteiger partial charge is 0.338 e. The van der Waals surface area contributed by atoms with Crippen LogP contribution in [0.2, 0.25) is 0 Å².